The molecule has 0 radical (unpaired) electrons. The molecule has 0 amide bonds. The molecule has 0 fully saturated rings. The first-order valence-corrected chi connectivity index (χ1v) is 16.0. The van der Waals surface area contributed by atoms with Gasteiger partial charge < -0.3 is 9.47 Å². The Hall–Kier alpha value is -6.26. The zero-order chi connectivity index (χ0) is 32.5. The fourth-order valence-corrected chi connectivity index (χ4v) is 6.75. The molecule has 0 spiro atoms. The van der Waals surface area contributed by atoms with Gasteiger partial charge in [-0.05, 0) is 34.5 Å². The first kappa shape index (κ1) is 29.2. The lowest BCUT2D eigenvalue weighted by atomic mass is 9.89. The van der Waals surface area contributed by atoms with Gasteiger partial charge in [0.15, 0.2) is 0 Å². The highest BCUT2D eigenvalue weighted by Crippen LogP contribution is 2.47. The minimum Gasteiger partial charge on any atom is -0.496 e. The SMILES string of the molecule is COc1ccccc1-c1nc(-c2nc(-c3ccccc3)c(-c3ccccc3)c3ccccc23)c2ccccc2c1-c1ccccc1OC. The fourth-order valence-electron chi connectivity index (χ4n) is 6.75. The van der Waals surface area contributed by atoms with Gasteiger partial charge in [0, 0.05) is 38.6 Å². The summed E-state index contributed by atoms with van der Waals surface area (Å²) in [7, 11) is 3.41. The summed E-state index contributed by atoms with van der Waals surface area (Å²) < 4.78 is 11.8. The predicted octanol–water partition coefficient (Wildman–Crippen LogP) is 11.1. The number of ether oxygens (including phenoxy) is 2. The normalized spacial score (nSPS) is 11.1. The molecule has 0 saturated heterocycles. The number of hydrogen-bond acceptors (Lipinski definition) is 4. The van der Waals surface area contributed by atoms with Crippen molar-refractivity contribution in [1.82, 2.24) is 9.97 Å². The number of para-hydroxylation sites is 2. The van der Waals surface area contributed by atoms with Crippen molar-refractivity contribution in [3.05, 3.63) is 158 Å². The van der Waals surface area contributed by atoms with Gasteiger partial charge in [-0.15, -0.1) is 0 Å². The monoisotopic (exact) mass is 620 g/mol. The van der Waals surface area contributed by atoms with Crippen LogP contribution in [-0.4, -0.2) is 24.2 Å². The van der Waals surface area contributed by atoms with Crippen molar-refractivity contribution < 1.29 is 9.47 Å². The Kier molecular flexibility index (Phi) is 7.60. The van der Waals surface area contributed by atoms with Gasteiger partial charge in [-0.25, -0.2) is 9.97 Å². The van der Waals surface area contributed by atoms with E-state index in [2.05, 4.69) is 115 Å². The Morgan fingerprint density at radius 3 is 1.33 bits per heavy atom. The Morgan fingerprint density at radius 1 is 0.333 bits per heavy atom. The molecule has 4 heteroatoms. The van der Waals surface area contributed by atoms with Crippen LogP contribution in [0, 0.1) is 0 Å². The van der Waals surface area contributed by atoms with E-state index in [4.69, 9.17) is 19.4 Å². The van der Waals surface area contributed by atoms with Crippen molar-refractivity contribution >= 4 is 21.5 Å². The van der Waals surface area contributed by atoms with Crippen LogP contribution in [0.25, 0.3) is 77.7 Å². The van der Waals surface area contributed by atoms with Crippen molar-refractivity contribution in [2.45, 2.75) is 0 Å². The minimum atomic E-state index is 0.740. The van der Waals surface area contributed by atoms with E-state index in [9.17, 15) is 0 Å². The second kappa shape index (κ2) is 12.5. The number of aromatic nitrogens is 2. The molecule has 8 rings (SSSR count). The Bertz CT molecular complexity index is 2420. The van der Waals surface area contributed by atoms with E-state index in [1.54, 1.807) is 14.2 Å². The summed E-state index contributed by atoms with van der Waals surface area (Å²) in [6.45, 7) is 0. The number of nitrogens with zero attached hydrogens (tertiary/aromatic N) is 2. The van der Waals surface area contributed by atoms with E-state index in [-0.39, 0.29) is 0 Å². The van der Waals surface area contributed by atoms with Crippen LogP contribution in [0.1, 0.15) is 0 Å². The molecule has 0 aliphatic carbocycles. The van der Waals surface area contributed by atoms with E-state index in [1.807, 2.05) is 42.5 Å². The third kappa shape index (κ3) is 4.95. The maximum absolute atomic E-state index is 5.93. The number of pyridine rings is 2. The van der Waals surface area contributed by atoms with Crippen molar-refractivity contribution in [2.75, 3.05) is 14.2 Å². The molecule has 6 aromatic carbocycles. The molecular formula is C44H32N2O2. The Labute approximate surface area is 279 Å². The quantitative estimate of drug-likeness (QED) is 0.178. The summed E-state index contributed by atoms with van der Waals surface area (Å²) in [5, 5.41) is 4.20. The van der Waals surface area contributed by atoms with E-state index in [1.165, 1.54) is 0 Å². The number of methoxy groups -OCH3 is 2. The summed E-state index contributed by atoms with van der Waals surface area (Å²) in [6.07, 6.45) is 0. The highest BCUT2D eigenvalue weighted by atomic mass is 16.5. The zero-order valence-electron chi connectivity index (χ0n) is 26.7. The first-order valence-electron chi connectivity index (χ1n) is 16.0. The maximum atomic E-state index is 5.93. The lowest BCUT2D eigenvalue weighted by Crippen LogP contribution is -2.02. The first-order chi connectivity index (χ1) is 23.8. The summed E-state index contributed by atoms with van der Waals surface area (Å²) in [5.74, 6) is 1.51. The number of fused-ring (bicyclic) bond motifs is 2. The van der Waals surface area contributed by atoms with Crippen LogP contribution in [0.5, 0.6) is 11.5 Å². The van der Waals surface area contributed by atoms with Crippen LogP contribution in [-0.2, 0) is 0 Å². The third-order valence-corrected chi connectivity index (χ3v) is 8.90. The molecule has 0 aliphatic heterocycles. The van der Waals surface area contributed by atoms with Gasteiger partial charge in [0.1, 0.15) is 11.5 Å². The van der Waals surface area contributed by atoms with Gasteiger partial charge in [0.25, 0.3) is 0 Å². The Balaban J connectivity index is 1.55. The highest BCUT2D eigenvalue weighted by Gasteiger charge is 2.25. The van der Waals surface area contributed by atoms with Crippen LogP contribution >= 0.6 is 0 Å². The smallest absolute Gasteiger partial charge is 0.128 e. The van der Waals surface area contributed by atoms with Crippen LogP contribution in [0.2, 0.25) is 0 Å². The van der Waals surface area contributed by atoms with Crippen molar-refractivity contribution in [3.8, 4) is 67.7 Å². The van der Waals surface area contributed by atoms with E-state index >= 15 is 0 Å². The molecule has 0 atom stereocenters. The van der Waals surface area contributed by atoms with Crippen molar-refractivity contribution in [1.29, 1.82) is 0 Å². The topological polar surface area (TPSA) is 44.2 Å². The van der Waals surface area contributed by atoms with Gasteiger partial charge in [-0.3, -0.25) is 0 Å². The summed E-state index contributed by atoms with van der Waals surface area (Å²) in [5.41, 5.74) is 9.42. The molecule has 8 aromatic rings. The second-order valence-electron chi connectivity index (χ2n) is 11.6. The molecular weight excluding hydrogens is 588 g/mol. The van der Waals surface area contributed by atoms with Crippen molar-refractivity contribution in [3.63, 3.8) is 0 Å². The molecule has 0 aliphatic rings. The molecule has 4 nitrogen and oxygen atoms in total. The lowest BCUT2D eigenvalue weighted by Gasteiger charge is -2.21. The summed E-state index contributed by atoms with van der Waals surface area (Å²) in [6, 6.07) is 54.1. The Morgan fingerprint density at radius 2 is 0.750 bits per heavy atom. The largest absolute Gasteiger partial charge is 0.496 e. The summed E-state index contributed by atoms with van der Waals surface area (Å²) in [4.78, 5) is 11.2. The molecule has 2 heterocycles. The van der Waals surface area contributed by atoms with Crippen LogP contribution in [0.3, 0.4) is 0 Å². The maximum Gasteiger partial charge on any atom is 0.128 e. The molecule has 230 valence electrons. The summed E-state index contributed by atoms with van der Waals surface area (Å²) >= 11 is 0. The number of rotatable bonds is 7. The van der Waals surface area contributed by atoms with E-state index < -0.39 is 0 Å². The zero-order valence-corrected chi connectivity index (χ0v) is 26.7. The number of benzene rings is 6. The van der Waals surface area contributed by atoms with Gasteiger partial charge in [-0.1, -0.05) is 140 Å². The van der Waals surface area contributed by atoms with Gasteiger partial charge in [0.2, 0.25) is 0 Å². The van der Waals surface area contributed by atoms with Gasteiger partial charge in [0.05, 0.1) is 37.0 Å². The van der Waals surface area contributed by atoms with Gasteiger partial charge >= 0.3 is 0 Å². The molecule has 0 bridgehead atoms. The predicted molar refractivity (Wildman–Crippen MR) is 197 cm³/mol. The molecule has 48 heavy (non-hydrogen) atoms. The van der Waals surface area contributed by atoms with Gasteiger partial charge in [-0.2, -0.15) is 0 Å². The highest BCUT2D eigenvalue weighted by molar-refractivity contribution is 6.14. The van der Waals surface area contributed by atoms with Crippen LogP contribution in [0.4, 0.5) is 0 Å². The fraction of sp³-hybridized carbons (Fsp3) is 0.0455. The van der Waals surface area contributed by atoms with Crippen molar-refractivity contribution in [2.24, 2.45) is 0 Å². The number of hydrogen-bond donors (Lipinski definition) is 0. The molecule has 0 saturated carbocycles. The van der Waals surface area contributed by atoms with E-state index in [0.29, 0.717) is 0 Å². The molecule has 0 unspecified atom stereocenters. The average molecular weight is 621 g/mol. The molecule has 2 aromatic heterocycles. The van der Waals surface area contributed by atoms with E-state index in [0.717, 1.165) is 89.2 Å². The molecule has 0 N–H and O–H groups in total. The van der Waals surface area contributed by atoms with Crippen LogP contribution in [0.15, 0.2) is 158 Å². The standard InChI is InChI=1S/C44H32N2O2/c1-47-37-27-15-13-25-35(37)40-32-22-10-12-24-34(32)44(46-42(40)36-26-14-16-28-38(36)48-2)43-33-23-11-9-21-31(33)39(29-17-5-3-6-18-29)41(45-43)30-19-7-4-8-20-30/h3-28H,1-2H3. The second-order valence-corrected chi connectivity index (χ2v) is 11.6. The average Bonchev–Trinajstić information content (AvgIpc) is 3.17. The minimum absolute atomic E-state index is 0.740. The third-order valence-electron chi connectivity index (χ3n) is 8.90. The lowest BCUT2D eigenvalue weighted by molar-refractivity contribution is 0.415. The van der Waals surface area contributed by atoms with Crippen LogP contribution < -0.4 is 9.47 Å².